The van der Waals surface area contributed by atoms with Crippen LogP contribution in [0.5, 0.6) is 0 Å². The Morgan fingerprint density at radius 2 is 2.00 bits per heavy atom. The molecule has 1 fully saturated rings. The van der Waals surface area contributed by atoms with Gasteiger partial charge in [-0.05, 0) is 56.0 Å². The fraction of sp³-hybridized carbons (Fsp3) is 0.455. The van der Waals surface area contributed by atoms with Crippen molar-refractivity contribution in [2.24, 2.45) is 5.73 Å². The Morgan fingerprint density at radius 1 is 1.33 bits per heavy atom. The average Bonchev–Trinajstić information content (AvgIpc) is 3.55. The molecular weight excluding hydrogens is 437 g/mol. The van der Waals surface area contributed by atoms with E-state index in [0.717, 1.165) is 30.0 Å². The lowest BCUT2D eigenvalue weighted by molar-refractivity contribution is -0.136. The topological polar surface area (TPSA) is 108 Å². The zero-order valence-corrected chi connectivity index (χ0v) is 18.7. The van der Waals surface area contributed by atoms with Gasteiger partial charge in [0.25, 0.3) is 5.91 Å². The van der Waals surface area contributed by atoms with Crippen LogP contribution in [0.15, 0.2) is 24.5 Å². The van der Waals surface area contributed by atoms with E-state index in [-0.39, 0.29) is 42.6 Å². The number of amidine groups is 1. The number of likely N-dealkylation sites (N-methyl/N-ethyl adjacent to an activating group) is 2. The molecule has 1 saturated carbocycles. The van der Waals surface area contributed by atoms with E-state index in [0.29, 0.717) is 11.3 Å². The number of nitrogens with one attached hydrogen (secondary N) is 1. The van der Waals surface area contributed by atoms with Crippen LogP contribution in [0, 0.1) is 5.41 Å². The molecule has 2 aromatic rings. The van der Waals surface area contributed by atoms with Crippen molar-refractivity contribution in [1.29, 1.82) is 5.41 Å². The summed E-state index contributed by atoms with van der Waals surface area (Å²) in [6.07, 6.45) is 1.31. The van der Waals surface area contributed by atoms with Gasteiger partial charge in [0.2, 0.25) is 5.91 Å². The first kappa shape index (κ1) is 24.3. The van der Waals surface area contributed by atoms with Gasteiger partial charge in [-0.2, -0.15) is 13.2 Å². The van der Waals surface area contributed by atoms with Crippen LogP contribution in [0.1, 0.15) is 59.9 Å². The van der Waals surface area contributed by atoms with Crippen LogP contribution in [-0.4, -0.2) is 57.0 Å². The summed E-state index contributed by atoms with van der Waals surface area (Å²) in [7, 11) is 1.38. The lowest BCUT2D eigenvalue weighted by Gasteiger charge is -2.23. The monoisotopic (exact) mass is 464 g/mol. The largest absolute Gasteiger partial charge is 0.419 e. The normalized spacial score (nSPS) is 14.1. The lowest BCUT2D eigenvalue weighted by Crippen LogP contribution is -2.43. The van der Waals surface area contributed by atoms with Crippen molar-refractivity contribution < 1.29 is 22.8 Å². The molecule has 1 aliphatic rings. The molecule has 0 saturated heterocycles. The summed E-state index contributed by atoms with van der Waals surface area (Å²) in [6, 6.07) is 1.13. The Bertz CT molecular complexity index is 1120. The number of carbonyl (C=O) groups is 2. The van der Waals surface area contributed by atoms with Crippen molar-refractivity contribution in [1.82, 2.24) is 19.2 Å². The van der Waals surface area contributed by atoms with Crippen molar-refractivity contribution in [3.05, 3.63) is 47.1 Å². The molecule has 3 rings (SSSR count). The summed E-state index contributed by atoms with van der Waals surface area (Å²) in [5.41, 5.74) is 4.89. The molecule has 2 aromatic heterocycles. The van der Waals surface area contributed by atoms with Crippen molar-refractivity contribution in [2.45, 2.75) is 45.2 Å². The SMILES string of the molecule is CCc1c(C(=O)N(CC)CC(=O)N(C)C(=N)/C=C\N)nc2c(C(F)(F)F)cc(C3CC3)cn12. The first-order valence-corrected chi connectivity index (χ1v) is 10.7. The highest BCUT2D eigenvalue weighted by Gasteiger charge is 2.38. The lowest BCUT2D eigenvalue weighted by atomic mass is 10.1. The van der Waals surface area contributed by atoms with Gasteiger partial charge in [-0.1, -0.05) is 6.92 Å². The van der Waals surface area contributed by atoms with Gasteiger partial charge in [0.05, 0.1) is 11.3 Å². The van der Waals surface area contributed by atoms with E-state index < -0.39 is 23.6 Å². The van der Waals surface area contributed by atoms with E-state index in [2.05, 4.69) is 4.98 Å². The number of rotatable bonds is 7. The zero-order chi connectivity index (χ0) is 24.5. The maximum Gasteiger partial charge on any atom is 0.419 e. The highest BCUT2D eigenvalue weighted by atomic mass is 19.4. The molecule has 0 aromatic carbocycles. The standard InChI is InChI=1S/C22H27F3N6O2/c1-4-16-19(21(33)30(5-2)12-18(32)29(3)17(27)8-9-26)28-20-15(22(23,24)25)10-14(11-31(16)20)13-6-7-13/h8-11,13,27H,4-7,12,26H2,1-3H3/b9-8-,27-17?. The molecule has 8 nitrogen and oxygen atoms in total. The summed E-state index contributed by atoms with van der Waals surface area (Å²) in [6.45, 7) is 3.18. The summed E-state index contributed by atoms with van der Waals surface area (Å²) < 4.78 is 42.8. The van der Waals surface area contributed by atoms with E-state index >= 15 is 0 Å². The predicted molar refractivity (Wildman–Crippen MR) is 117 cm³/mol. The molecule has 0 radical (unpaired) electrons. The van der Waals surface area contributed by atoms with Gasteiger partial charge in [-0.15, -0.1) is 0 Å². The number of pyridine rings is 1. The summed E-state index contributed by atoms with van der Waals surface area (Å²) in [4.78, 5) is 32.2. The Balaban J connectivity index is 2.02. The summed E-state index contributed by atoms with van der Waals surface area (Å²) in [5.74, 6) is -1.25. The number of aromatic nitrogens is 2. The van der Waals surface area contributed by atoms with E-state index in [1.54, 1.807) is 20.0 Å². The minimum absolute atomic E-state index is 0.0833. The molecule has 0 atom stereocenters. The predicted octanol–water partition coefficient (Wildman–Crippen LogP) is 3.16. The number of nitrogens with zero attached hydrogens (tertiary/aromatic N) is 4. The maximum atomic E-state index is 13.8. The molecule has 2 heterocycles. The Morgan fingerprint density at radius 3 is 2.52 bits per heavy atom. The van der Waals surface area contributed by atoms with Crippen LogP contribution in [0.3, 0.4) is 0 Å². The van der Waals surface area contributed by atoms with Gasteiger partial charge in [-0.3, -0.25) is 19.9 Å². The molecular formula is C22H27F3N6O2. The summed E-state index contributed by atoms with van der Waals surface area (Å²) in [5, 5.41) is 7.79. The quantitative estimate of drug-likeness (QED) is 0.485. The molecule has 0 unspecified atom stereocenters. The zero-order valence-electron chi connectivity index (χ0n) is 18.7. The van der Waals surface area contributed by atoms with Gasteiger partial charge >= 0.3 is 6.18 Å². The van der Waals surface area contributed by atoms with Gasteiger partial charge in [0, 0.05) is 19.8 Å². The van der Waals surface area contributed by atoms with Gasteiger partial charge in [0.1, 0.15) is 18.0 Å². The van der Waals surface area contributed by atoms with Crippen LogP contribution >= 0.6 is 0 Å². The third-order valence-electron chi connectivity index (χ3n) is 5.72. The molecule has 0 spiro atoms. The summed E-state index contributed by atoms with van der Waals surface area (Å²) >= 11 is 0. The molecule has 2 amide bonds. The highest BCUT2D eigenvalue weighted by molar-refractivity contribution is 6.04. The van der Waals surface area contributed by atoms with Crippen molar-refractivity contribution in [3.8, 4) is 0 Å². The first-order chi connectivity index (χ1) is 15.5. The number of alkyl halides is 3. The number of fused-ring (bicyclic) bond motifs is 1. The van der Waals surface area contributed by atoms with Crippen LogP contribution in [0.2, 0.25) is 0 Å². The highest BCUT2D eigenvalue weighted by Crippen LogP contribution is 2.43. The van der Waals surface area contributed by atoms with Gasteiger partial charge < -0.3 is 15.0 Å². The van der Waals surface area contributed by atoms with Gasteiger partial charge in [-0.25, -0.2) is 4.98 Å². The third kappa shape index (κ3) is 4.86. The second-order valence-corrected chi connectivity index (χ2v) is 7.93. The van der Waals surface area contributed by atoms with Crippen molar-refractivity contribution in [3.63, 3.8) is 0 Å². The number of hydrogen-bond acceptors (Lipinski definition) is 5. The van der Waals surface area contributed by atoms with E-state index in [1.165, 1.54) is 22.4 Å². The third-order valence-corrected chi connectivity index (χ3v) is 5.72. The van der Waals surface area contributed by atoms with Crippen molar-refractivity contribution in [2.75, 3.05) is 20.1 Å². The minimum Gasteiger partial charge on any atom is -0.404 e. The van der Waals surface area contributed by atoms with E-state index in [1.807, 2.05) is 0 Å². The molecule has 178 valence electrons. The Labute approximate surface area is 189 Å². The molecule has 3 N–H and O–H groups in total. The van der Waals surface area contributed by atoms with E-state index in [4.69, 9.17) is 11.1 Å². The second-order valence-electron chi connectivity index (χ2n) is 7.93. The van der Waals surface area contributed by atoms with Crippen LogP contribution < -0.4 is 5.73 Å². The number of nitrogens with two attached hydrogens (primary N) is 1. The number of hydrogen-bond donors (Lipinski definition) is 2. The van der Waals surface area contributed by atoms with E-state index in [9.17, 15) is 22.8 Å². The number of imidazole rings is 1. The molecule has 0 aliphatic heterocycles. The maximum absolute atomic E-state index is 13.8. The van der Waals surface area contributed by atoms with Gasteiger partial charge in [0.15, 0.2) is 5.69 Å². The minimum atomic E-state index is -4.62. The van der Waals surface area contributed by atoms with Crippen molar-refractivity contribution >= 4 is 23.3 Å². The fourth-order valence-electron chi connectivity index (χ4n) is 3.65. The second kappa shape index (κ2) is 9.24. The number of aryl methyl sites for hydroxylation is 1. The number of amides is 2. The first-order valence-electron chi connectivity index (χ1n) is 10.7. The average molecular weight is 464 g/mol. The molecule has 11 heteroatoms. The Kier molecular flexibility index (Phi) is 6.80. The fourth-order valence-corrected chi connectivity index (χ4v) is 3.65. The molecule has 1 aliphatic carbocycles. The van der Waals surface area contributed by atoms with Crippen LogP contribution in [0.25, 0.3) is 5.65 Å². The Hall–Kier alpha value is -3.37. The smallest absolute Gasteiger partial charge is 0.404 e. The number of halogens is 3. The molecule has 0 bridgehead atoms. The number of carbonyl (C=O) groups excluding carboxylic acids is 2. The molecule has 33 heavy (non-hydrogen) atoms. The van der Waals surface area contributed by atoms with Crippen LogP contribution in [-0.2, 0) is 17.4 Å². The van der Waals surface area contributed by atoms with Crippen LogP contribution in [0.4, 0.5) is 13.2 Å².